The van der Waals surface area contributed by atoms with E-state index in [0.29, 0.717) is 0 Å². The number of nitrogens with one attached hydrogen (secondary N) is 1. The van der Waals surface area contributed by atoms with Gasteiger partial charge in [-0.05, 0) is 30.9 Å². The molecule has 2 bridgehead atoms. The Morgan fingerprint density at radius 3 is 2.25 bits per heavy atom. The second-order valence-corrected chi connectivity index (χ2v) is 6.30. The number of piperidine rings is 1. The molecule has 0 spiro atoms. The number of hydrogen-bond acceptors (Lipinski definition) is 2. The molecule has 2 atom stereocenters. The molecule has 0 aromatic carbocycles. The van der Waals surface area contributed by atoms with Crippen LogP contribution in [-0.2, 0) is 0 Å². The SMILES string of the molecule is CC(C)SC1C[C@@H]2CC[C@@H](C1)N2. The molecule has 2 aliphatic rings. The molecule has 70 valence electrons. The van der Waals surface area contributed by atoms with Gasteiger partial charge in [0.05, 0.1) is 0 Å². The average molecular weight is 185 g/mol. The summed E-state index contributed by atoms with van der Waals surface area (Å²) < 4.78 is 0. The molecule has 2 fully saturated rings. The lowest BCUT2D eigenvalue weighted by Gasteiger charge is -2.29. The van der Waals surface area contributed by atoms with Crippen molar-refractivity contribution in [3.63, 3.8) is 0 Å². The second kappa shape index (κ2) is 3.59. The first-order valence-electron chi connectivity index (χ1n) is 5.15. The third-order valence-corrected chi connectivity index (χ3v) is 4.21. The van der Waals surface area contributed by atoms with E-state index in [0.717, 1.165) is 22.6 Å². The van der Waals surface area contributed by atoms with Gasteiger partial charge in [-0.15, -0.1) is 0 Å². The molecule has 2 aliphatic heterocycles. The first kappa shape index (κ1) is 8.89. The molecule has 0 amide bonds. The quantitative estimate of drug-likeness (QED) is 0.709. The second-order valence-electron chi connectivity index (χ2n) is 4.42. The zero-order chi connectivity index (χ0) is 8.55. The van der Waals surface area contributed by atoms with Gasteiger partial charge in [-0.3, -0.25) is 0 Å². The van der Waals surface area contributed by atoms with Crippen LogP contribution >= 0.6 is 11.8 Å². The Morgan fingerprint density at radius 2 is 1.75 bits per heavy atom. The minimum atomic E-state index is 0.812. The van der Waals surface area contributed by atoms with E-state index < -0.39 is 0 Å². The minimum Gasteiger partial charge on any atom is -0.311 e. The fourth-order valence-electron chi connectivity index (χ4n) is 2.50. The fraction of sp³-hybridized carbons (Fsp3) is 1.00. The van der Waals surface area contributed by atoms with Crippen LogP contribution in [0, 0.1) is 0 Å². The molecule has 0 unspecified atom stereocenters. The van der Waals surface area contributed by atoms with E-state index in [2.05, 4.69) is 30.9 Å². The smallest absolute Gasteiger partial charge is 0.00807 e. The Balaban J connectivity index is 1.85. The van der Waals surface area contributed by atoms with Crippen molar-refractivity contribution >= 4 is 11.8 Å². The van der Waals surface area contributed by atoms with Crippen LogP contribution in [0.1, 0.15) is 39.5 Å². The minimum absolute atomic E-state index is 0.812. The molecule has 0 saturated carbocycles. The van der Waals surface area contributed by atoms with Crippen molar-refractivity contribution in [1.82, 2.24) is 5.32 Å². The Labute approximate surface area is 79.7 Å². The molecule has 2 heterocycles. The van der Waals surface area contributed by atoms with Gasteiger partial charge in [0, 0.05) is 17.3 Å². The standard InChI is InChI=1S/C10H19NS/c1-7(2)12-10-5-8-3-4-9(6-10)11-8/h7-11H,3-6H2,1-2H3/t8-,9-/m0/s1. The predicted molar refractivity (Wildman–Crippen MR) is 55.7 cm³/mol. The zero-order valence-corrected chi connectivity index (χ0v) is 8.86. The number of thioether (sulfide) groups is 1. The summed E-state index contributed by atoms with van der Waals surface area (Å²) in [6.45, 7) is 4.63. The van der Waals surface area contributed by atoms with Crippen LogP contribution in [0.25, 0.3) is 0 Å². The van der Waals surface area contributed by atoms with Crippen molar-refractivity contribution in [3.8, 4) is 0 Å². The lowest BCUT2D eigenvalue weighted by molar-refractivity contribution is 0.414. The van der Waals surface area contributed by atoms with Gasteiger partial charge < -0.3 is 5.32 Å². The average Bonchev–Trinajstić information content (AvgIpc) is 2.29. The molecule has 0 aromatic heterocycles. The summed E-state index contributed by atoms with van der Waals surface area (Å²) in [5, 5.41) is 5.44. The van der Waals surface area contributed by atoms with E-state index in [1.165, 1.54) is 25.7 Å². The lowest BCUT2D eigenvalue weighted by Crippen LogP contribution is -2.39. The van der Waals surface area contributed by atoms with Gasteiger partial charge in [-0.1, -0.05) is 13.8 Å². The normalized spacial score (nSPS) is 40.8. The van der Waals surface area contributed by atoms with Crippen molar-refractivity contribution in [1.29, 1.82) is 0 Å². The maximum absolute atomic E-state index is 3.68. The van der Waals surface area contributed by atoms with Gasteiger partial charge in [0.25, 0.3) is 0 Å². The van der Waals surface area contributed by atoms with Crippen LogP contribution in [0.15, 0.2) is 0 Å². The maximum Gasteiger partial charge on any atom is 0.00807 e. The van der Waals surface area contributed by atoms with Gasteiger partial charge in [-0.2, -0.15) is 11.8 Å². The summed E-state index contributed by atoms with van der Waals surface area (Å²) in [5.74, 6) is 0. The summed E-state index contributed by atoms with van der Waals surface area (Å²) in [5.41, 5.74) is 0. The maximum atomic E-state index is 3.68. The van der Waals surface area contributed by atoms with E-state index in [9.17, 15) is 0 Å². The van der Waals surface area contributed by atoms with Crippen LogP contribution in [0.4, 0.5) is 0 Å². The van der Waals surface area contributed by atoms with Crippen LogP contribution in [0.2, 0.25) is 0 Å². The summed E-state index contributed by atoms with van der Waals surface area (Å²) in [6, 6.07) is 1.72. The highest BCUT2D eigenvalue weighted by Gasteiger charge is 2.33. The Hall–Kier alpha value is 0.310. The third-order valence-electron chi connectivity index (χ3n) is 2.89. The van der Waals surface area contributed by atoms with E-state index in [1.54, 1.807) is 0 Å². The molecule has 0 radical (unpaired) electrons. The van der Waals surface area contributed by atoms with Gasteiger partial charge in [0.2, 0.25) is 0 Å². The largest absolute Gasteiger partial charge is 0.311 e. The Bertz CT molecular complexity index is 146. The van der Waals surface area contributed by atoms with Gasteiger partial charge in [0.1, 0.15) is 0 Å². The highest BCUT2D eigenvalue weighted by Crippen LogP contribution is 2.35. The topological polar surface area (TPSA) is 12.0 Å². The first-order chi connectivity index (χ1) is 5.74. The Morgan fingerprint density at radius 1 is 1.17 bits per heavy atom. The van der Waals surface area contributed by atoms with E-state index >= 15 is 0 Å². The molecule has 2 heteroatoms. The molecular weight excluding hydrogens is 166 g/mol. The summed E-state index contributed by atoms with van der Waals surface area (Å²) in [7, 11) is 0. The summed E-state index contributed by atoms with van der Waals surface area (Å²) in [6.07, 6.45) is 5.69. The monoisotopic (exact) mass is 185 g/mol. The van der Waals surface area contributed by atoms with Gasteiger partial charge in [0.15, 0.2) is 0 Å². The van der Waals surface area contributed by atoms with E-state index in [1.807, 2.05) is 0 Å². The highest BCUT2D eigenvalue weighted by molar-refractivity contribution is 8.00. The lowest BCUT2D eigenvalue weighted by atomic mass is 10.1. The van der Waals surface area contributed by atoms with Crippen molar-refractivity contribution in [2.24, 2.45) is 0 Å². The third kappa shape index (κ3) is 1.97. The van der Waals surface area contributed by atoms with Gasteiger partial charge in [-0.25, -0.2) is 0 Å². The number of fused-ring (bicyclic) bond motifs is 2. The van der Waals surface area contributed by atoms with Crippen molar-refractivity contribution in [3.05, 3.63) is 0 Å². The van der Waals surface area contributed by atoms with Crippen molar-refractivity contribution < 1.29 is 0 Å². The summed E-state index contributed by atoms with van der Waals surface area (Å²) >= 11 is 2.18. The van der Waals surface area contributed by atoms with Crippen LogP contribution < -0.4 is 5.32 Å². The molecule has 0 aromatic rings. The Kier molecular flexibility index (Phi) is 2.66. The number of hydrogen-bond donors (Lipinski definition) is 1. The van der Waals surface area contributed by atoms with E-state index in [4.69, 9.17) is 0 Å². The number of rotatable bonds is 2. The fourth-order valence-corrected chi connectivity index (χ4v) is 3.96. The molecular formula is C10H19NS. The van der Waals surface area contributed by atoms with Crippen molar-refractivity contribution in [2.75, 3.05) is 0 Å². The first-order valence-corrected chi connectivity index (χ1v) is 6.10. The summed E-state index contributed by atoms with van der Waals surface area (Å²) in [4.78, 5) is 0. The molecule has 12 heavy (non-hydrogen) atoms. The molecule has 1 nitrogen and oxygen atoms in total. The predicted octanol–water partition coefficient (Wildman–Crippen LogP) is 2.41. The molecule has 1 N–H and O–H groups in total. The molecule has 2 saturated heterocycles. The van der Waals surface area contributed by atoms with Gasteiger partial charge >= 0.3 is 0 Å². The molecule has 2 rings (SSSR count). The molecule has 0 aliphatic carbocycles. The van der Waals surface area contributed by atoms with Crippen LogP contribution in [-0.4, -0.2) is 22.6 Å². The van der Waals surface area contributed by atoms with Crippen LogP contribution in [0.5, 0.6) is 0 Å². The van der Waals surface area contributed by atoms with Crippen LogP contribution in [0.3, 0.4) is 0 Å². The zero-order valence-electron chi connectivity index (χ0n) is 8.05. The highest BCUT2D eigenvalue weighted by atomic mass is 32.2. The van der Waals surface area contributed by atoms with E-state index in [-0.39, 0.29) is 0 Å². The van der Waals surface area contributed by atoms with Crippen molar-refractivity contribution in [2.45, 2.75) is 62.1 Å².